The first kappa shape index (κ1) is 17.6. The highest BCUT2D eigenvalue weighted by atomic mass is 32.1. The van der Waals surface area contributed by atoms with Gasteiger partial charge in [-0.1, -0.05) is 0 Å². The molecule has 2 aliphatic heterocycles. The topological polar surface area (TPSA) is 112 Å². The molecule has 0 spiro atoms. The highest BCUT2D eigenvalue weighted by molar-refractivity contribution is 7.13. The second-order valence-electron chi connectivity index (χ2n) is 5.88. The summed E-state index contributed by atoms with van der Waals surface area (Å²) in [6.45, 7) is 2.92. The van der Waals surface area contributed by atoms with Crippen LogP contribution in [-0.2, 0) is 14.3 Å². The summed E-state index contributed by atoms with van der Waals surface area (Å²) in [6, 6.07) is -0.795. The fourth-order valence-corrected chi connectivity index (χ4v) is 3.80. The molecule has 25 heavy (non-hydrogen) atoms. The monoisotopic (exact) mass is 368 g/mol. The number of aliphatic carboxylic acids is 1. The number of aromatic nitrogens is 1. The van der Waals surface area contributed by atoms with Crippen molar-refractivity contribution >= 4 is 34.3 Å². The van der Waals surface area contributed by atoms with Crippen LogP contribution in [0.2, 0.25) is 0 Å². The highest BCUT2D eigenvalue weighted by Gasteiger charge is 2.33. The first-order valence-corrected chi connectivity index (χ1v) is 9.03. The summed E-state index contributed by atoms with van der Waals surface area (Å²) in [5, 5.41) is 14.0. The Balaban J connectivity index is 1.53. The Labute approximate surface area is 148 Å². The van der Waals surface area contributed by atoms with E-state index < -0.39 is 17.9 Å². The zero-order valence-electron chi connectivity index (χ0n) is 13.6. The molecule has 0 saturated carbocycles. The Morgan fingerprint density at radius 1 is 1.32 bits per heavy atom. The van der Waals surface area contributed by atoms with E-state index in [2.05, 4.69) is 15.2 Å². The summed E-state index contributed by atoms with van der Waals surface area (Å²) in [5.74, 6) is -1.83. The normalized spacial score (nSPS) is 20.6. The maximum atomic E-state index is 12.2. The maximum Gasteiger partial charge on any atom is 0.326 e. The van der Waals surface area contributed by atoms with Crippen molar-refractivity contribution in [1.82, 2.24) is 15.2 Å². The summed E-state index contributed by atoms with van der Waals surface area (Å²) >= 11 is 1.37. The lowest BCUT2D eigenvalue weighted by atomic mass is 10.2. The van der Waals surface area contributed by atoms with E-state index in [1.54, 1.807) is 5.38 Å². The molecule has 2 fully saturated rings. The van der Waals surface area contributed by atoms with Crippen molar-refractivity contribution < 1.29 is 24.2 Å². The molecule has 136 valence electrons. The number of carboxylic acid groups (broad SMARTS) is 1. The van der Waals surface area contributed by atoms with Gasteiger partial charge in [0.1, 0.15) is 11.7 Å². The molecule has 2 aliphatic rings. The Kier molecular flexibility index (Phi) is 5.49. The molecule has 3 rings (SSSR count). The second kappa shape index (κ2) is 7.79. The number of thiazole rings is 1. The van der Waals surface area contributed by atoms with Crippen LogP contribution in [0.3, 0.4) is 0 Å². The number of rotatable bonds is 5. The quantitative estimate of drug-likeness (QED) is 0.739. The molecule has 1 aromatic rings. The summed E-state index contributed by atoms with van der Waals surface area (Å²) in [6.07, 6.45) is 1.11. The summed E-state index contributed by atoms with van der Waals surface area (Å²) < 4.78 is 5.29. The SMILES string of the molecule is O=C(NCC(=O)N1CCCC1C(=O)O)c1csc(N2CCOCC2)n1. The molecule has 10 heteroatoms. The lowest BCUT2D eigenvalue weighted by molar-refractivity contribution is -0.147. The minimum Gasteiger partial charge on any atom is -0.480 e. The van der Waals surface area contributed by atoms with Crippen LogP contribution in [0.1, 0.15) is 23.3 Å². The largest absolute Gasteiger partial charge is 0.480 e. The average Bonchev–Trinajstić information content (AvgIpc) is 3.29. The predicted octanol–water partition coefficient (Wildman–Crippen LogP) is -0.215. The summed E-state index contributed by atoms with van der Waals surface area (Å²) in [4.78, 5) is 43.1. The Bertz CT molecular complexity index is 658. The van der Waals surface area contributed by atoms with E-state index in [1.165, 1.54) is 16.2 Å². The van der Waals surface area contributed by atoms with Crippen molar-refractivity contribution in [2.75, 3.05) is 44.3 Å². The zero-order valence-corrected chi connectivity index (χ0v) is 14.5. The molecule has 2 saturated heterocycles. The van der Waals surface area contributed by atoms with Crippen molar-refractivity contribution in [2.24, 2.45) is 0 Å². The minimum absolute atomic E-state index is 0.229. The van der Waals surface area contributed by atoms with E-state index in [4.69, 9.17) is 9.84 Å². The number of morpholine rings is 1. The van der Waals surface area contributed by atoms with Crippen molar-refractivity contribution in [3.05, 3.63) is 11.1 Å². The van der Waals surface area contributed by atoms with E-state index in [9.17, 15) is 14.4 Å². The number of carboxylic acids is 1. The standard InChI is InChI=1S/C15H20N4O5S/c20-12(19-3-1-2-11(19)14(22)23)8-16-13(21)10-9-25-15(17-10)18-4-6-24-7-5-18/h9,11H,1-8H2,(H,16,21)(H,22,23). The van der Waals surface area contributed by atoms with Gasteiger partial charge < -0.3 is 25.0 Å². The summed E-state index contributed by atoms with van der Waals surface area (Å²) in [7, 11) is 0. The third kappa shape index (κ3) is 4.07. The number of hydrogen-bond acceptors (Lipinski definition) is 7. The smallest absolute Gasteiger partial charge is 0.326 e. The number of amides is 2. The number of hydrogen-bond donors (Lipinski definition) is 2. The van der Waals surface area contributed by atoms with Crippen LogP contribution < -0.4 is 10.2 Å². The van der Waals surface area contributed by atoms with Gasteiger partial charge >= 0.3 is 5.97 Å². The van der Waals surface area contributed by atoms with E-state index in [0.29, 0.717) is 32.6 Å². The highest BCUT2D eigenvalue weighted by Crippen LogP contribution is 2.21. The Morgan fingerprint density at radius 3 is 2.80 bits per heavy atom. The van der Waals surface area contributed by atoms with Gasteiger partial charge in [0.05, 0.1) is 19.8 Å². The van der Waals surface area contributed by atoms with Crippen LogP contribution in [0.25, 0.3) is 0 Å². The van der Waals surface area contributed by atoms with Crippen molar-refractivity contribution in [3.63, 3.8) is 0 Å². The Morgan fingerprint density at radius 2 is 2.08 bits per heavy atom. The fraction of sp³-hybridized carbons (Fsp3) is 0.600. The van der Waals surface area contributed by atoms with Gasteiger partial charge in [0.25, 0.3) is 5.91 Å². The van der Waals surface area contributed by atoms with Crippen LogP contribution in [0.15, 0.2) is 5.38 Å². The van der Waals surface area contributed by atoms with Gasteiger partial charge in [0, 0.05) is 25.0 Å². The number of ether oxygens (including phenoxy) is 1. The van der Waals surface area contributed by atoms with E-state index in [1.807, 2.05) is 0 Å². The van der Waals surface area contributed by atoms with Crippen molar-refractivity contribution in [1.29, 1.82) is 0 Å². The van der Waals surface area contributed by atoms with Gasteiger partial charge in [0.15, 0.2) is 5.13 Å². The molecule has 1 atom stereocenters. The van der Waals surface area contributed by atoms with Gasteiger partial charge in [-0.15, -0.1) is 11.3 Å². The number of nitrogens with one attached hydrogen (secondary N) is 1. The van der Waals surface area contributed by atoms with Crippen LogP contribution in [0.5, 0.6) is 0 Å². The number of carbonyl (C=O) groups excluding carboxylic acids is 2. The van der Waals surface area contributed by atoms with E-state index in [-0.39, 0.29) is 18.1 Å². The number of anilines is 1. The molecule has 2 amide bonds. The lowest BCUT2D eigenvalue weighted by Crippen LogP contribution is -2.45. The first-order valence-electron chi connectivity index (χ1n) is 8.15. The van der Waals surface area contributed by atoms with E-state index >= 15 is 0 Å². The van der Waals surface area contributed by atoms with Gasteiger partial charge in [-0.25, -0.2) is 9.78 Å². The van der Waals surface area contributed by atoms with Crippen LogP contribution in [0, 0.1) is 0 Å². The molecule has 0 aliphatic carbocycles. The lowest BCUT2D eigenvalue weighted by Gasteiger charge is -2.25. The van der Waals surface area contributed by atoms with E-state index in [0.717, 1.165) is 18.2 Å². The molecular formula is C15H20N4O5S. The molecular weight excluding hydrogens is 348 g/mol. The van der Waals surface area contributed by atoms with Gasteiger partial charge in [-0.05, 0) is 12.8 Å². The van der Waals surface area contributed by atoms with Crippen LogP contribution in [0.4, 0.5) is 5.13 Å². The third-order valence-electron chi connectivity index (χ3n) is 4.26. The number of likely N-dealkylation sites (tertiary alicyclic amines) is 1. The molecule has 0 bridgehead atoms. The first-order chi connectivity index (χ1) is 12.1. The van der Waals surface area contributed by atoms with Crippen molar-refractivity contribution in [2.45, 2.75) is 18.9 Å². The zero-order chi connectivity index (χ0) is 17.8. The predicted molar refractivity (Wildman–Crippen MR) is 89.9 cm³/mol. The summed E-state index contributed by atoms with van der Waals surface area (Å²) in [5.41, 5.74) is 0.260. The average molecular weight is 368 g/mol. The number of nitrogens with zero attached hydrogens (tertiary/aromatic N) is 3. The van der Waals surface area contributed by atoms with Gasteiger partial charge in [-0.3, -0.25) is 9.59 Å². The molecule has 9 nitrogen and oxygen atoms in total. The maximum absolute atomic E-state index is 12.2. The Hall–Kier alpha value is -2.20. The molecule has 0 radical (unpaired) electrons. The van der Waals surface area contributed by atoms with Gasteiger partial charge in [-0.2, -0.15) is 0 Å². The number of carbonyl (C=O) groups is 3. The fourth-order valence-electron chi connectivity index (χ4n) is 2.94. The second-order valence-corrected chi connectivity index (χ2v) is 6.72. The van der Waals surface area contributed by atoms with Gasteiger partial charge in [0.2, 0.25) is 5.91 Å². The minimum atomic E-state index is -1.01. The molecule has 1 unspecified atom stereocenters. The van der Waals surface area contributed by atoms with Crippen LogP contribution >= 0.6 is 11.3 Å². The third-order valence-corrected chi connectivity index (χ3v) is 5.17. The molecule has 3 heterocycles. The van der Waals surface area contributed by atoms with Crippen molar-refractivity contribution in [3.8, 4) is 0 Å². The molecule has 2 N–H and O–H groups in total. The molecule has 1 aromatic heterocycles. The molecule has 0 aromatic carbocycles. The van der Waals surface area contributed by atoms with Crippen LogP contribution in [-0.4, -0.2) is 78.2 Å².